The van der Waals surface area contributed by atoms with Crippen molar-refractivity contribution in [2.45, 2.75) is 37.6 Å². The fourth-order valence-electron chi connectivity index (χ4n) is 3.44. The molecule has 2 atom stereocenters. The normalized spacial score (nSPS) is 25.0. The fraction of sp³-hybridized carbons (Fsp3) is 0.600. The van der Waals surface area contributed by atoms with Crippen molar-refractivity contribution in [3.8, 4) is 0 Å². The Hall–Kier alpha value is -2.22. The summed E-state index contributed by atoms with van der Waals surface area (Å²) in [5, 5.41) is 23.9. The summed E-state index contributed by atoms with van der Waals surface area (Å²) in [6, 6.07) is 2.04. The van der Waals surface area contributed by atoms with Gasteiger partial charge in [0.1, 0.15) is 5.76 Å². The first-order chi connectivity index (χ1) is 11.2. The second kappa shape index (κ2) is 5.77. The molecule has 2 fully saturated rings. The Morgan fingerprint density at radius 1 is 1.43 bits per heavy atom. The molecule has 8 heteroatoms. The van der Waals surface area contributed by atoms with Gasteiger partial charge in [-0.1, -0.05) is 5.16 Å². The minimum atomic E-state index is -0.775. The maximum Gasteiger partial charge on any atom is 0.303 e. The lowest BCUT2D eigenvalue weighted by Crippen LogP contribution is -2.21. The maximum absolute atomic E-state index is 11.1. The van der Waals surface area contributed by atoms with Crippen LogP contribution in [-0.4, -0.2) is 49.6 Å². The fourth-order valence-corrected chi connectivity index (χ4v) is 3.44. The van der Waals surface area contributed by atoms with Crippen LogP contribution in [0, 0.1) is 5.92 Å². The highest BCUT2D eigenvalue weighted by atomic mass is 16.5. The number of aromatic amines is 1. The molecule has 1 saturated carbocycles. The molecule has 2 N–H and O–H groups in total. The number of carboxylic acid groups (broad SMARTS) is 1. The standard InChI is InChI=1S/C15H19N5O3/c21-15(22)3-10-6-20(8-12(10)13-5-16-19-17-13)7-11-4-14(23-18-11)9-1-2-9/h4-5,9-10,12H,1-3,6-8H2,(H,21,22)(H,16,17,19)/t10-,12+/m0/s1. The van der Waals surface area contributed by atoms with Crippen molar-refractivity contribution in [1.82, 2.24) is 25.5 Å². The van der Waals surface area contributed by atoms with E-state index < -0.39 is 5.97 Å². The zero-order valence-electron chi connectivity index (χ0n) is 12.7. The van der Waals surface area contributed by atoms with E-state index in [1.807, 2.05) is 6.07 Å². The van der Waals surface area contributed by atoms with Crippen LogP contribution in [0.15, 0.2) is 16.8 Å². The third kappa shape index (κ3) is 3.12. The van der Waals surface area contributed by atoms with Crippen LogP contribution in [0.25, 0.3) is 0 Å². The first-order valence-corrected chi connectivity index (χ1v) is 7.94. The number of nitrogens with one attached hydrogen (secondary N) is 1. The van der Waals surface area contributed by atoms with E-state index in [-0.39, 0.29) is 18.3 Å². The summed E-state index contributed by atoms with van der Waals surface area (Å²) in [6.07, 6.45) is 4.20. The van der Waals surface area contributed by atoms with Crippen LogP contribution in [0.1, 0.15) is 48.2 Å². The zero-order chi connectivity index (χ0) is 15.8. The van der Waals surface area contributed by atoms with Gasteiger partial charge in [0.05, 0.1) is 24.0 Å². The summed E-state index contributed by atoms with van der Waals surface area (Å²) in [5.41, 5.74) is 1.75. The molecular weight excluding hydrogens is 298 g/mol. The lowest BCUT2D eigenvalue weighted by atomic mass is 9.91. The van der Waals surface area contributed by atoms with E-state index in [4.69, 9.17) is 9.63 Å². The monoisotopic (exact) mass is 317 g/mol. The van der Waals surface area contributed by atoms with Gasteiger partial charge in [-0.05, 0) is 18.8 Å². The van der Waals surface area contributed by atoms with E-state index in [9.17, 15) is 4.79 Å². The van der Waals surface area contributed by atoms with Gasteiger partial charge in [-0.25, -0.2) is 0 Å². The number of carboxylic acids is 1. The third-order valence-electron chi connectivity index (χ3n) is 4.71. The number of aromatic nitrogens is 4. The Bertz CT molecular complexity index is 679. The molecule has 0 radical (unpaired) electrons. The molecule has 1 aliphatic heterocycles. The van der Waals surface area contributed by atoms with Crippen LogP contribution in [0.3, 0.4) is 0 Å². The van der Waals surface area contributed by atoms with Crippen LogP contribution in [0.2, 0.25) is 0 Å². The van der Waals surface area contributed by atoms with Gasteiger partial charge < -0.3 is 9.63 Å². The molecular formula is C15H19N5O3. The second-order valence-corrected chi connectivity index (χ2v) is 6.55. The molecule has 2 aromatic heterocycles. The third-order valence-corrected chi connectivity index (χ3v) is 4.71. The zero-order valence-corrected chi connectivity index (χ0v) is 12.7. The molecule has 0 spiro atoms. The second-order valence-electron chi connectivity index (χ2n) is 6.55. The van der Waals surface area contributed by atoms with Gasteiger partial charge >= 0.3 is 5.97 Å². The number of rotatable bonds is 6. The molecule has 0 aromatic carbocycles. The summed E-state index contributed by atoms with van der Waals surface area (Å²) >= 11 is 0. The molecule has 1 aliphatic carbocycles. The molecule has 0 amide bonds. The van der Waals surface area contributed by atoms with Crippen molar-refractivity contribution < 1.29 is 14.4 Å². The summed E-state index contributed by atoms with van der Waals surface area (Å²) in [7, 11) is 0. The minimum Gasteiger partial charge on any atom is -0.481 e. The van der Waals surface area contributed by atoms with E-state index in [2.05, 4.69) is 25.5 Å². The summed E-state index contributed by atoms with van der Waals surface area (Å²) in [4.78, 5) is 13.4. The average molecular weight is 317 g/mol. The first-order valence-electron chi connectivity index (χ1n) is 7.94. The summed E-state index contributed by atoms with van der Waals surface area (Å²) in [5.74, 6) is 0.877. The van der Waals surface area contributed by atoms with Crippen LogP contribution in [0.4, 0.5) is 0 Å². The van der Waals surface area contributed by atoms with Gasteiger partial charge in [0.15, 0.2) is 0 Å². The molecule has 23 heavy (non-hydrogen) atoms. The number of likely N-dealkylation sites (tertiary alicyclic amines) is 1. The highest BCUT2D eigenvalue weighted by Gasteiger charge is 2.37. The topological polar surface area (TPSA) is 108 Å². The van der Waals surface area contributed by atoms with Gasteiger partial charge in [-0.15, -0.1) is 0 Å². The Balaban J connectivity index is 1.45. The maximum atomic E-state index is 11.1. The molecule has 3 heterocycles. The highest BCUT2D eigenvalue weighted by molar-refractivity contribution is 5.67. The van der Waals surface area contributed by atoms with E-state index >= 15 is 0 Å². The molecule has 0 bridgehead atoms. The van der Waals surface area contributed by atoms with E-state index in [1.54, 1.807) is 6.20 Å². The van der Waals surface area contributed by atoms with E-state index in [1.165, 1.54) is 12.8 Å². The predicted octanol–water partition coefficient (Wildman–Crippen LogP) is 1.36. The molecule has 2 aliphatic rings. The van der Waals surface area contributed by atoms with Crippen LogP contribution in [0.5, 0.6) is 0 Å². The summed E-state index contributed by atoms with van der Waals surface area (Å²) < 4.78 is 5.39. The quantitative estimate of drug-likeness (QED) is 0.828. The Labute approximate surface area is 132 Å². The highest BCUT2D eigenvalue weighted by Crippen LogP contribution is 2.40. The average Bonchev–Trinajstić information content (AvgIpc) is 2.91. The van der Waals surface area contributed by atoms with Crippen molar-refractivity contribution in [1.29, 1.82) is 0 Å². The molecule has 8 nitrogen and oxygen atoms in total. The molecule has 122 valence electrons. The van der Waals surface area contributed by atoms with Crippen LogP contribution in [-0.2, 0) is 11.3 Å². The number of carbonyl (C=O) groups is 1. The van der Waals surface area contributed by atoms with Crippen LogP contribution < -0.4 is 0 Å². The van der Waals surface area contributed by atoms with E-state index in [0.29, 0.717) is 12.5 Å². The molecule has 2 aromatic rings. The van der Waals surface area contributed by atoms with Crippen molar-refractivity contribution in [2.24, 2.45) is 5.92 Å². The van der Waals surface area contributed by atoms with Crippen molar-refractivity contribution in [2.75, 3.05) is 13.1 Å². The number of hydrogen-bond acceptors (Lipinski definition) is 6. The molecule has 0 unspecified atom stereocenters. The lowest BCUT2D eigenvalue weighted by Gasteiger charge is -2.13. The Morgan fingerprint density at radius 3 is 3.00 bits per heavy atom. The number of H-pyrrole nitrogens is 1. The van der Waals surface area contributed by atoms with Crippen molar-refractivity contribution in [3.05, 3.63) is 29.4 Å². The van der Waals surface area contributed by atoms with Gasteiger partial charge in [0.2, 0.25) is 0 Å². The van der Waals surface area contributed by atoms with Crippen LogP contribution >= 0.6 is 0 Å². The number of aliphatic carboxylic acids is 1. The van der Waals surface area contributed by atoms with E-state index in [0.717, 1.165) is 30.2 Å². The Morgan fingerprint density at radius 2 is 2.30 bits per heavy atom. The smallest absolute Gasteiger partial charge is 0.303 e. The predicted molar refractivity (Wildman–Crippen MR) is 78.6 cm³/mol. The number of hydrogen-bond donors (Lipinski definition) is 2. The van der Waals surface area contributed by atoms with Gasteiger partial charge in [0.25, 0.3) is 0 Å². The molecule has 1 saturated heterocycles. The van der Waals surface area contributed by atoms with Gasteiger partial charge in [-0.2, -0.15) is 15.4 Å². The SMILES string of the molecule is O=C(O)C[C@H]1CN(Cc2cc(C3CC3)on2)C[C@H]1c1cn[nH]n1. The van der Waals surface area contributed by atoms with Crippen molar-refractivity contribution in [3.63, 3.8) is 0 Å². The van der Waals surface area contributed by atoms with Gasteiger partial charge in [0, 0.05) is 37.5 Å². The van der Waals surface area contributed by atoms with Gasteiger partial charge in [-0.3, -0.25) is 9.69 Å². The minimum absolute atomic E-state index is 0.0346. The van der Waals surface area contributed by atoms with Crippen molar-refractivity contribution >= 4 is 5.97 Å². The number of nitrogens with zero attached hydrogens (tertiary/aromatic N) is 4. The largest absolute Gasteiger partial charge is 0.481 e. The lowest BCUT2D eigenvalue weighted by molar-refractivity contribution is -0.138. The Kier molecular flexibility index (Phi) is 3.60. The molecule has 4 rings (SSSR count). The first kappa shape index (κ1) is 14.4. The summed E-state index contributed by atoms with van der Waals surface area (Å²) in [6.45, 7) is 2.16.